The number of anilines is 4. The van der Waals surface area contributed by atoms with Crippen LogP contribution in [0.15, 0.2) is 121 Å². The molecule has 1 aliphatic heterocycles. The van der Waals surface area contributed by atoms with Crippen LogP contribution in [0.2, 0.25) is 0 Å². The first-order valence-corrected chi connectivity index (χ1v) is 24.0. The van der Waals surface area contributed by atoms with Crippen molar-refractivity contribution >= 4 is 44.6 Å². The summed E-state index contributed by atoms with van der Waals surface area (Å²) in [6.07, 6.45) is 12.4. The van der Waals surface area contributed by atoms with Crippen molar-refractivity contribution in [2.24, 2.45) is 0 Å². The third kappa shape index (κ3) is 9.04. The number of benzene rings is 6. The molecule has 0 N–H and O–H groups in total. The maximum atomic E-state index is 15.4. The fourth-order valence-corrected chi connectivity index (χ4v) is 10.3. The molecule has 0 saturated heterocycles. The average Bonchev–Trinajstić information content (AvgIpc) is 3.85. The summed E-state index contributed by atoms with van der Waals surface area (Å²) in [7, 11) is 0. The molecule has 0 unspecified atom stereocenters. The Balaban J connectivity index is 0.00000562. The van der Waals surface area contributed by atoms with Gasteiger partial charge in [0.25, 0.3) is 0 Å². The largest absolute Gasteiger partial charge is 0.509 e. The molecule has 2 aromatic heterocycles. The monoisotopic (exact) mass is 1070 g/mol. The van der Waals surface area contributed by atoms with E-state index in [-0.39, 0.29) is 38.5 Å². The fraction of sp³-hybridized carbons (Fsp3) is 0.288. The van der Waals surface area contributed by atoms with Gasteiger partial charge in [-0.05, 0) is 119 Å². The van der Waals surface area contributed by atoms with Crippen molar-refractivity contribution in [3.8, 4) is 28.4 Å². The Labute approximate surface area is 409 Å². The molecular weight excluding hydrogens is 1010 g/mol. The number of fused-ring (bicyclic) bond motifs is 4. The molecule has 10 rings (SSSR count). The first kappa shape index (κ1) is 46.3. The number of aromatic nitrogens is 2. The zero-order valence-corrected chi connectivity index (χ0v) is 41.3. The van der Waals surface area contributed by atoms with Crippen molar-refractivity contribution in [3.63, 3.8) is 0 Å². The van der Waals surface area contributed by atoms with Crippen LogP contribution in [-0.4, -0.2) is 9.55 Å². The number of para-hydroxylation sites is 3. The molecule has 0 atom stereocenters. The van der Waals surface area contributed by atoms with Crippen LogP contribution in [0, 0.1) is 30.4 Å². The molecule has 1 aliphatic carbocycles. The van der Waals surface area contributed by atoms with E-state index in [2.05, 4.69) is 147 Å². The van der Waals surface area contributed by atoms with E-state index in [1.807, 2.05) is 24.4 Å². The summed E-state index contributed by atoms with van der Waals surface area (Å²) in [5.74, 6) is 1.47. The molecule has 0 spiro atoms. The van der Waals surface area contributed by atoms with Gasteiger partial charge in [-0.15, -0.1) is 53.6 Å². The minimum atomic E-state index is -0.566. The topological polar surface area (TPSA) is 33.5 Å². The Bertz CT molecular complexity index is 3010. The van der Waals surface area contributed by atoms with Crippen molar-refractivity contribution in [2.75, 3.05) is 9.80 Å². The molecular formula is C59H57F2N4OPt-3. The van der Waals surface area contributed by atoms with E-state index >= 15 is 8.78 Å². The second-order valence-corrected chi connectivity index (χ2v) is 18.8. The predicted octanol–water partition coefficient (Wildman–Crippen LogP) is 17.0. The number of halogens is 2. The number of ether oxygens (including phenoxy) is 1. The molecule has 6 aromatic carbocycles. The van der Waals surface area contributed by atoms with Gasteiger partial charge in [0, 0.05) is 61.3 Å². The first-order valence-electron chi connectivity index (χ1n) is 24.0. The van der Waals surface area contributed by atoms with Crippen LogP contribution in [0.4, 0.5) is 31.5 Å². The van der Waals surface area contributed by atoms with Crippen molar-refractivity contribution in [2.45, 2.75) is 110 Å². The molecule has 346 valence electrons. The van der Waals surface area contributed by atoms with Crippen molar-refractivity contribution < 1.29 is 34.6 Å². The summed E-state index contributed by atoms with van der Waals surface area (Å²) >= 11 is 0. The maximum Gasteiger partial charge on any atom is 0.135 e. The standard InChI is InChI=1S/C59H57F2N4O.Pt/c1-6-17-40-28-29-62-57(30-40)65-53-23-13-12-20-47(53)48-27-26-45(36-56(48)65)66-46-32-42(41-18-10-8-7-9-11-19-41)31-44(35-46)63-37-64(55-25-15-14-24-54(55)63)59-49(38(2)3)33-43(34-50(59)39(4)5)58-51(60)21-16-22-52(58)61;/h12-16,20-34,37-39,41H,6-11,17-19H2,1-5H3;/q-3;. The van der Waals surface area contributed by atoms with Crippen molar-refractivity contribution in [3.05, 3.63) is 174 Å². The molecule has 0 bridgehead atoms. The van der Waals surface area contributed by atoms with Gasteiger partial charge in [0.15, 0.2) is 0 Å². The number of rotatable bonds is 11. The SMILES string of the molecule is CCCc1ccnc(-n2c3[c-]c(Oc4[c-]c(N5[CH-]N(c6c(C(C)C)cc(-c7c(F)cccc7F)cc6C(C)C)c6ccccc65)cc(C5CCCCCCC5)c4)ccc3c3ccccc32)c1.[Pt]. The zero-order chi connectivity index (χ0) is 45.5. The molecule has 3 heterocycles. The average molecular weight is 1070 g/mol. The number of hydrogen-bond acceptors (Lipinski definition) is 4. The molecule has 8 heteroatoms. The quantitative estimate of drug-likeness (QED) is 0.121. The minimum absolute atomic E-state index is 0. The van der Waals surface area contributed by atoms with Crippen molar-refractivity contribution in [1.82, 2.24) is 9.55 Å². The van der Waals surface area contributed by atoms with Gasteiger partial charge in [0.2, 0.25) is 0 Å². The summed E-state index contributed by atoms with van der Waals surface area (Å²) in [5.41, 5.74) is 11.0. The Morgan fingerprint density at radius 1 is 0.701 bits per heavy atom. The van der Waals surface area contributed by atoms with Crippen molar-refractivity contribution in [1.29, 1.82) is 0 Å². The van der Waals surface area contributed by atoms with Gasteiger partial charge in [0.05, 0.1) is 5.56 Å². The van der Waals surface area contributed by atoms with E-state index in [0.29, 0.717) is 23.0 Å². The van der Waals surface area contributed by atoms with Crippen LogP contribution in [-0.2, 0) is 27.5 Å². The molecule has 1 fully saturated rings. The number of pyridine rings is 1. The van der Waals surface area contributed by atoms with Gasteiger partial charge in [0.1, 0.15) is 17.5 Å². The molecule has 0 radical (unpaired) electrons. The van der Waals surface area contributed by atoms with E-state index in [4.69, 9.17) is 9.72 Å². The smallest absolute Gasteiger partial charge is 0.135 e. The van der Waals surface area contributed by atoms with Gasteiger partial charge in [-0.2, -0.15) is 6.07 Å². The molecule has 67 heavy (non-hydrogen) atoms. The van der Waals surface area contributed by atoms with E-state index < -0.39 is 11.6 Å². The molecule has 0 amide bonds. The summed E-state index contributed by atoms with van der Waals surface area (Å²) < 4.78 is 39.9. The summed E-state index contributed by atoms with van der Waals surface area (Å²) in [5, 5.41) is 2.23. The van der Waals surface area contributed by atoms with E-state index in [1.54, 1.807) is 0 Å². The second kappa shape index (κ2) is 19.8. The number of hydrogen-bond donors (Lipinski definition) is 0. The summed E-state index contributed by atoms with van der Waals surface area (Å²) in [6, 6.07) is 45.4. The fourth-order valence-electron chi connectivity index (χ4n) is 10.3. The van der Waals surface area contributed by atoms with Gasteiger partial charge in [-0.25, -0.2) is 13.8 Å². The van der Waals surface area contributed by atoms with E-state index in [9.17, 15) is 0 Å². The summed E-state index contributed by atoms with van der Waals surface area (Å²) in [4.78, 5) is 9.36. The third-order valence-electron chi connectivity index (χ3n) is 13.6. The van der Waals surface area contributed by atoms with Gasteiger partial charge in [-0.1, -0.05) is 115 Å². The molecule has 8 aromatic rings. The van der Waals surface area contributed by atoms with Crippen LogP contribution >= 0.6 is 0 Å². The van der Waals surface area contributed by atoms with Crippen LogP contribution in [0.3, 0.4) is 0 Å². The van der Waals surface area contributed by atoms with Crippen LogP contribution in [0.5, 0.6) is 11.5 Å². The van der Waals surface area contributed by atoms with E-state index in [0.717, 1.165) is 87.2 Å². The first-order chi connectivity index (χ1) is 32.2. The van der Waals surface area contributed by atoms with Crippen LogP contribution in [0.25, 0.3) is 38.8 Å². The Morgan fingerprint density at radius 3 is 2.07 bits per heavy atom. The summed E-state index contributed by atoms with van der Waals surface area (Å²) in [6.45, 7) is 13.0. The predicted molar refractivity (Wildman–Crippen MR) is 267 cm³/mol. The van der Waals surface area contributed by atoms with E-state index in [1.165, 1.54) is 61.4 Å². The number of nitrogens with zero attached hydrogens (tertiary/aromatic N) is 4. The van der Waals surface area contributed by atoms with Gasteiger partial charge < -0.3 is 19.1 Å². The Hall–Kier alpha value is -5.78. The van der Waals surface area contributed by atoms with Crippen LogP contribution < -0.4 is 14.5 Å². The van der Waals surface area contributed by atoms with Crippen LogP contribution in [0.1, 0.15) is 126 Å². The molecule has 5 nitrogen and oxygen atoms in total. The molecule has 1 saturated carbocycles. The zero-order valence-electron chi connectivity index (χ0n) is 39.0. The Morgan fingerprint density at radius 2 is 1.37 bits per heavy atom. The second-order valence-electron chi connectivity index (χ2n) is 18.8. The minimum Gasteiger partial charge on any atom is -0.509 e. The normalized spacial score (nSPS) is 14.5. The van der Waals surface area contributed by atoms with Gasteiger partial charge >= 0.3 is 0 Å². The number of aryl methyl sites for hydroxylation is 1. The maximum absolute atomic E-state index is 15.4. The van der Waals surface area contributed by atoms with Gasteiger partial charge in [-0.3, -0.25) is 0 Å². The third-order valence-corrected chi connectivity index (χ3v) is 13.6. The Kier molecular flexibility index (Phi) is 13.7. The molecule has 2 aliphatic rings.